The van der Waals surface area contributed by atoms with Crippen molar-refractivity contribution in [3.05, 3.63) is 54.0 Å². The number of anilines is 1. The van der Waals surface area contributed by atoms with E-state index in [4.69, 9.17) is 4.42 Å². The van der Waals surface area contributed by atoms with Gasteiger partial charge in [0, 0.05) is 25.3 Å². The molecule has 1 saturated heterocycles. The summed E-state index contributed by atoms with van der Waals surface area (Å²) in [6.07, 6.45) is 4.49. The highest BCUT2D eigenvalue weighted by Gasteiger charge is 2.25. The van der Waals surface area contributed by atoms with Crippen LogP contribution in [0.1, 0.15) is 48.5 Å². The van der Waals surface area contributed by atoms with Crippen molar-refractivity contribution in [2.75, 3.05) is 25.0 Å². The van der Waals surface area contributed by atoms with Gasteiger partial charge in [-0.3, -0.25) is 14.4 Å². The number of hydrogen-bond acceptors (Lipinski definition) is 4. The lowest BCUT2D eigenvalue weighted by molar-refractivity contribution is -0.136. The zero-order chi connectivity index (χ0) is 20.8. The molecule has 1 aromatic carbocycles. The van der Waals surface area contributed by atoms with Gasteiger partial charge < -0.3 is 20.0 Å². The summed E-state index contributed by atoms with van der Waals surface area (Å²) in [7, 11) is 0. The molecule has 0 spiro atoms. The van der Waals surface area contributed by atoms with Crippen molar-refractivity contribution in [3.8, 4) is 0 Å². The third-order valence-electron chi connectivity index (χ3n) is 5.26. The van der Waals surface area contributed by atoms with Gasteiger partial charge in [0.1, 0.15) is 6.26 Å². The van der Waals surface area contributed by atoms with Crippen LogP contribution in [-0.2, 0) is 9.59 Å². The van der Waals surface area contributed by atoms with E-state index in [0.717, 1.165) is 12.8 Å². The minimum absolute atomic E-state index is 0.0379. The molecule has 1 aliphatic rings. The third kappa shape index (κ3) is 5.47. The molecule has 154 valence electrons. The van der Waals surface area contributed by atoms with E-state index in [-0.39, 0.29) is 11.8 Å². The summed E-state index contributed by atoms with van der Waals surface area (Å²) >= 11 is 0. The molecule has 3 rings (SSSR count). The number of nitrogens with one attached hydrogen (secondary N) is 2. The number of piperidine rings is 1. The number of rotatable bonds is 5. The van der Waals surface area contributed by atoms with Crippen molar-refractivity contribution >= 4 is 23.4 Å². The Morgan fingerprint density at radius 1 is 1.07 bits per heavy atom. The molecule has 2 heterocycles. The Morgan fingerprint density at radius 2 is 1.76 bits per heavy atom. The van der Waals surface area contributed by atoms with Crippen molar-refractivity contribution < 1.29 is 18.8 Å². The molecular formula is C22H27N3O4. The summed E-state index contributed by atoms with van der Waals surface area (Å²) in [4.78, 5) is 38.3. The Hall–Kier alpha value is -3.09. The first-order chi connectivity index (χ1) is 13.9. The highest BCUT2D eigenvalue weighted by Crippen LogP contribution is 2.19. The molecule has 1 aliphatic heterocycles. The van der Waals surface area contributed by atoms with E-state index in [1.54, 1.807) is 23.1 Å². The standard InChI is InChI=1S/C22H27N3O4/c1-15(2)17-3-5-19(6-4-17)24-21(27)20(26)23-13-16-7-10-25(11-8-16)22(28)18-9-12-29-14-18/h3-6,9,12,14-16H,7-8,10-11,13H2,1-2H3,(H,23,26)(H,24,27). The Kier molecular flexibility index (Phi) is 6.69. The first-order valence-electron chi connectivity index (χ1n) is 9.94. The van der Waals surface area contributed by atoms with Crippen LogP contribution in [0.4, 0.5) is 5.69 Å². The lowest BCUT2D eigenvalue weighted by Crippen LogP contribution is -2.43. The fourth-order valence-electron chi connectivity index (χ4n) is 3.37. The van der Waals surface area contributed by atoms with Gasteiger partial charge in [0.05, 0.1) is 11.8 Å². The van der Waals surface area contributed by atoms with Crippen LogP contribution in [0.15, 0.2) is 47.3 Å². The number of carbonyl (C=O) groups is 3. The second-order valence-corrected chi connectivity index (χ2v) is 7.69. The third-order valence-corrected chi connectivity index (χ3v) is 5.26. The summed E-state index contributed by atoms with van der Waals surface area (Å²) < 4.78 is 4.96. The molecule has 2 aromatic rings. The van der Waals surface area contributed by atoms with E-state index in [2.05, 4.69) is 24.5 Å². The molecule has 7 nitrogen and oxygen atoms in total. The van der Waals surface area contributed by atoms with E-state index in [1.165, 1.54) is 18.1 Å². The number of nitrogens with zero attached hydrogens (tertiary/aromatic N) is 1. The number of likely N-dealkylation sites (tertiary alicyclic amines) is 1. The lowest BCUT2D eigenvalue weighted by atomic mass is 9.96. The number of hydrogen-bond donors (Lipinski definition) is 2. The topological polar surface area (TPSA) is 91.7 Å². The fourth-order valence-corrected chi connectivity index (χ4v) is 3.37. The van der Waals surface area contributed by atoms with Crippen LogP contribution >= 0.6 is 0 Å². The minimum Gasteiger partial charge on any atom is -0.472 e. The summed E-state index contributed by atoms with van der Waals surface area (Å²) in [6.45, 7) is 5.86. The Labute approximate surface area is 170 Å². The summed E-state index contributed by atoms with van der Waals surface area (Å²) in [5, 5.41) is 5.32. The van der Waals surface area contributed by atoms with Gasteiger partial charge in [-0.05, 0) is 48.4 Å². The molecule has 0 bridgehead atoms. The molecule has 0 unspecified atom stereocenters. The van der Waals surface area contributed by atoms with Gasteiger partial charge in [-0.25, -0.2) is 0 Å². The monoisotopic (exact) mass is 397 g/mol. The van der Waals surface area contributed by atoms with Gasteiger partial charge >= 0.3 is 11.8 Å². The van der Waals surface area contributed by atoms with Crippen molar-refractivity contribution in [2.24, 2.45) is 5.92 Å². The second-order valence-electron chi connectivity index (χ2n) is 7.69. The second kappa shape index (κ2) is 9.41. The molecule has 0 radical (unpaired) electrons. The first-order valence-corrected chi connectivity index (χ1v) is 9.94. The molecule has 1 fully saturated rings. The SMILES string of the molecule is CC(C)c1ccc(NC(=O)C(=O)NCC2CCN(C(=O)c3ccoc3)CC2)cc1. The maximum absolute atomic E-state index is 12.3. The van der Waals surface area contributed by atoms with Crippen LogP contribution in [0.25, 0.3) is 0 Å². The highest BCUT2D eigenvalue weighted by molar-refractivity contribution is 6.39. The summed E-state index contributed by atoms with van der Waals surface area (Å²) in [5.41, 5.74) is 2.32. The molecule has 7 heteroatoms. The zero-order valence-corrected chi connectivity index (χ0v) is 16.8. The van der Waals surface area contributed by atoms with Crippen LogP contribution in [0.2, 0.25) is 0 Å². The number of benzene rings is 1. The largest absolute Gasteiger partial charge is 0.472 e. The van der Waals surface area contributed by atoms with Gasteiger partial charge in [0.15, 0.2) is 0 Å². The predicted octanol–water partition coefficient (Wildman–Crippen LogP) is 3.01. The maximum atomic E-state index is 12.3. The fraction of sp³-hybridized carbons (Fsp3) is 0.409. The predicted molar refractivity (Wildman–Crippen MR) is 110 cm³/mol. The Morgan fingerprint density at radius 3 is 2.34 bits per heavy atom. The van der Waals surface area contributed by atoms with Crippen LogP contribution < -0.4 is 10.6 Å². The minimum atomic E-state index is -0.671. The smallest absolute Gasteiger partial charge is 0.313 e. The zero-order valence-electron chi connectivity index (χ0n) is 16.8. The van der Waals surface area contributed by atoms with Crippen LogP contribution in [0.5, 0.6) is 0 Å². The molecule has 3 amide bonds. The highest BCUT2D eigenvalue weighted by atomic mass is 16.3. The lowest BCUT2D eigenvalue weighted by Gasteiger charge is -2.31. The quantitative estimate of drug-likeness (QED) is 0.759. The molecule has 29 heavy (non-hydrogen) atoms. The molecule has 0 saturated carbocycles. The van der Waals surface area contributed by atoms with Crippen molar-refractivity contribution in [1.82, 2.24) is 10.2 Å². The normalized spacial score (nSPS) is 14.7. The average molecular weight is 397 g/mol. The van der Waals surface area contributed by atoms with Gasteiger partial charge in [0.2, 0.25) is 0 Å². The van der Waals surface area contributed by atoms with E-state index in [0.29, 0.717) is 36.8 Å². The molecular weight excluding hydrogens is 370 g/mol. The summed E-state index contributed by atoms with van der Waals surface area (Å²) in [5.74, 6) is -0.705. The van der Waals surface area contributed by atoms with Crippen molar-refractivity contribution in [1.29, 1.82) is 0 Å². The molecule has 1 aromatic heterocycles. The van der Waals surface area contributed by atoms with E-state index in [9.17, 15) is 14.4 Å². The van der Waals surface area contributed by atoms with Gasteiger partial charge in [-0.2, -0.15) is 0 Å². The van der Waals surface area contributed by atoms with Gasteiger partial charge in [-0.15, -0.1) is 0 Å². The maximum Gasteiger partial charge on any atom is 0.313 e. The van der Waals surface area contributed by atoms with Gasteiger partial charge in [0.25, 0.3) is 5.91 Å². The first kappa shape index (κ1) is 20.6. The number of furan rings is 1. The van der Waals surface area contributed by atoms with Crippen molar-refractivity contribution in [3.63, 3.8) is 0 Å². The van der Waals surface area contributed by atoms with E-state index in [1.807, 2.05) is 12.1 Å². The Bertz CT molecular complexity index is 835. The van der Waals surface area contributed by atoms with Gasteiger partial charge in [-0.1, -0.05) is 26.0 Å². The number of carbonyl (C=O) groups excluding carboxylic acids is 3. The molecule has 0 atom stereocenters. The van der Waals surface area contributed by atoms with Crippen LogP contribution in [-0.4, -0.2) is 42.3 Å². The van der Waals surface area contributed by atoms with E-state index < -0.39 is 11.8 Å². The molecule has 2 N–H and O–H groups in total. The van der Waals surface area contributed by atoms with E-state index >= 15 is 0 Å². The number of amides is 3. The van der Waals surface area contributed by atoms with Crippen LogP contribution in [0.3, 0.4) is 0 Å². The molecule has 0 aliphatic carbocycles. The summed E-state index contributed by atoms with van der Waals surface area (Å²) in [6, 6.07) is 9.14. The van der Waals surface area contributed by atoms with Crippen LogP contribution in [0, 0.1) is 5.92 Å². The Balaban J connectivity index is 1.40. The van der Waals surface area contributed by atoms with Crippen molar-refractivity contribution in [2.45, 2.75) is 32.6 Å². The average Bonchev–Trinajstić information content (AvgIpc) is 3.27.